The first-order valence-corrected chi connectivity index (χ1v) is 8.56. The van der Waals surface area contributed by atoms with Crippen molar-refractivity contribution >= 4 is 21.3 Å². The van der Waals surface area contributed by atoms with Gasteiger partial charge in [0.15, 0.2) is 4.90 Å². The maximum Gasteiger partial charge on any atom is 0.343 e. The normalized spacial score (nSPS) is 13.3. The lowest BCUT2D eigenvalue weighted by Gasteiger charge is -2.30. The lowest BCUT2D eigenvalue weighted by molar-refractivity contribution is 0.312. The summed E-state index contributed by atoms with van der Waals surface area (Å²) in [4.78, 5) is 34.5. The maximum atomic E-state index is 11.4. The second kappa shape index (κ2) is 5.33. The summed E-state index contributed by atoms with van der Waals surface area (Å²) < 4.78 is 22.8. The molecule has 0 amide bonds. The third kappa shape index (κ3) is 3.42. The van der Waals surface area contributed by atoms with Crippen LogP contribution < -0.4 is 0 Å². The molecule has 0 unspecified atom stereocenters. The van der Waals surface area contributed by atoms with Gasteiger partial charge in [-0.05, 0) is 18.1 Å². The van der Waals surface area contributed by atoms with Gasteiger partial charge in [0.05, 0.1) is 0 Å². The van der Waals surface area contributed by atoms with Crippen molar-refractivity contribution in [1.82, 2.24) is 0 Å². The van der Waals surface area contributed by atoms with Crippen molar-refractivity contribution in [2.45, 2.75) is 18.2 Å². The van der Waals surface area contributed by atoms with Crippen LogP contribution >= 0.6 is 15.2 Å². The van der Waals surface area contributed by atoms with E-state index in [1.165, 1.54) is 0 Å². The Morgan fingerprint density at radius 1 is 1.11 bits per heavy atom. The van der Waals surface area contributed by atoms with Crippen molar-refractivity contribution in [2.24, 2.45) is 0 Å². The van der Waals surface area contributed by atoms with E-state index in [9.17, 15) is 28.7 Å². The van der Waals surface area contributed by atoms with Crippen LogP contribution in [0.25, 0.3) is 6.08 Å². The van der Waals surface area contributed by atoms with Crippen LogP contribution in [0.1, 0.15) is 18.1 Å². The summed E-state index contributed by atoms with van der Waals surface area (Å²) >= 11 is 0. The number of hydrogen-bond acceptors (Lipinski definition) is 2. The molecule has 0 aliphatic heterocycles. The summed E-state index contributed by atoms with van der Waals surface area (Å²) in [6, 6.07) is 6.42. The quantitative estimate of drug-likeness (QED) is 0.618. The Morgan fingerprint density at radius 2 is 1.53 bits per heavy atom. The third-order valence-electron chi connectivity index (χ3n) is 3.01. The van der Waals surface area contributed by atoms with Crippen LogP contribution in [0.2, 0.25) is 0 Å². The first kappa shape index (κ1) is 16.3. The smallest absolute Gasteiger partial charge is 0.324 e. The molecule has 0 saturated carbocycles. The van der Waals surface area contributed by atoms with E-state index < -0.39 is 26.5 Å². The van der Waals surface area contributed by atoms with Gasteiger partial charge in [0, 0.05) is 6.42 Å². The molecule has 8 heteroatoms. The minimum atomic E-state index is -4.98. The summed E-state index contributed by atoms with van der Waals surface area (Å²) in [7, 11) is -9.95. The molecule has 0 aliphatic rings. The van der Waals surface area contributed by atoms with Crippen LogP contribution in [0.3, 0.4) is 0 Å². The Bertz CT molecular complexity index is 531. The first-order valence-electron chi connectivity index (χ1n) is 5.34. The predicted molar refractivity (Wildman–Crippen MR) is 72.7 cm³/mol. The topological polar surface area (TPSA) is 115 Å². The van der Waals surface area contributed by atoms with E-state index >= 15 is 0 Å². The van der Waals surface area contributed by atoms with E-state index in [1.807, 2.05) is 0 Å². The second-order valence-electron chi connectivity index (χ2n) is 4.43. The molecule has 0 bridgehead atoms. The minimum Gasteiger partial charge on any atom is -0.324 e. The SMILES string of the molecule is C=Cc1ccc(CC(C)(P(=O)(O)O)P(=O)(O)O)cc1. The largest absolute Gasteiger partial charge is 0.343 e. The molecular formula is C11H16O6P2. The van der Waals surface area contributed by atoms with E-state index in [0.717, 1.165) is 12.5 Å². The summed E-state index contributed by atoms with van der Waals surface area (Å²) in [5.41, 5.74) is 1.23. The Kier molecular flexibility index (Phi) is 4.58. The number of rotatable bonds is 5. The highest BCUT2D eigenvalue weighted by molar-refractivity contribution is 7.72. The molecule has 0 spiro atoms. The van der Waals surface area contributed by atoms with Crippen molar-refractivity contribution in [3.63, 3.8) is 0 Å². The highest BCUT2D eigenvalue weighted by atomic mass is 31.2. The minimum absolute atomic E-state index is 0.418. The standard InChI is InChI=1S/C11H16O6P2/c1-3-9-4-6-10(7-5-9)8-11(2,18(12,13)14)19(15,16)17/h3-7H,1,8H2,2H3,(H2,12,13,14)(H2,15,16,17). The van der Waals surface area contributed by atoms with E-state index in [2.05, 4.69) is 6.58 Å². The Morgan fingerprint density at radius 3 is 1.84 bits per heavy atom. The van der Waals surface area contributed by atoms with E-state index in [0.29, 0.717) is 5.56 Å². The van der Waals surface area contributed by atoms with Crippen molar-refractivity contribution in [2.75, 3.05) is 0 Å². The molecule has 0 aliphatic carbocycles. The average Bonchev–Trinajstić information content (AvgIpc) is 2.27. The zero-order valence-electron chi connectivity index (χ0n) is 10.3. The highest BCUT2D eigenvalue weighted by Gasteiger charge is 2.56. The molecular weight excluding hydrogens is 290 g/mol. The summed E-state index contributed by atoms with van der Waals surface area (Å²) in [6.07, 6.45) is 1.17. The van der Waals surface area contributed by atoms with Crippen molar-refractivity contribution in [1.29, 1.82) is 0 Å². The van der Waals surface area contributed by atoms with Crippen LogP contribution in [0.5, 0.6) is 0 Å². The van der Waals surface area contributed by atoms with Crippen molar-refractivity contribution in [3.05, 3.63) is 42.0 Å². The van der Waals surface area contributed by atoms with E-state index in [1.54, 1.807) is 30.3 Å². The summed E-state index contributed by atoms with van der Waals surface area (Å²) in [5.74, 6) is 0. The second-order valence-corrected chi connectivity index (χ2v) is 8.93. The van der Waals surface area contributed by atoms with Gasteiger partial charge in [-0.25, -0.2) is 0 Å². The highest BCUT2D eigenvalue weighted by Crippen LogP contribution is 2.69. The molecule has 106 valence electrons. The molecule has 0 atom stereocenters. The van der Waals surface area contributed by atoms with E-state index in [4.69, 9.17) is 0 Å². The fraction of sp³-hybridized carbons (Fsp3) is 0.273. The average molecular weight is 306 g/mol. The van der Waals surface area contributed by atoms with Crippen LogP contribution in [-0.2, 0) is 15.6 Å². The molecule has 1 aromatic rings. The molecule has 1 rings (SSSR count). The number of benzene rings is 1. The predicted octanol–water partition coefficient (Wildman–Crippen LogP) is 1.94. The number of hydrogen-bond donors (Lipinski definition) is 4. The molecule has 0 saturated heterocycles. The third-order valence-corrected chi connectivity index (χ3v) is 7.40. The Hall–Kier alpha value is -0.740. The zero-order valence-corrected chi connectivity index (χ0v) is 12.1. The molecule has 1 aromatic carbocycles. The Balaban J connectivity index is 3.19. The van der Waals surface area contributed by atoms with Crippen LogP contribution in [0.15, 0.2) is 30.8 Å². The van der Waals surface area contributed by atoms with Gasteiger partial charge in [-0.2, -0.15) is 0 Å². The molecule has 6 nitrogen and oxygen atoms in total. The first-order chi connectivity index (χ1) is 8.51. The molecule has 0 radical (unpaired) electrons. The van der Waals surface area contributed by atoms with Gasteiger partial charge in [0.2, 0.25) is 0 Å². The summed E-state index contributed by atoms with van der Waals surface area (Å²) in [5, 5.41) is 0. The summed E-state index contributed by atoms with van der Waals surface area (Å²) in [6.45, 7) is 4.46. The van der Waals surface area contributed by atoms with Crippen LogP contribution in [-0.4, -0.2) is 24.5 Å². The maximum absolute atomic E-state index is 11.4. The van der Waals surface area contributed by atoms with Gasteiger partial charge in [-0.3, -0.25) is 9.13 Å². The lowest BCUT2D eigenvalue weighted by Crippen LogP contribution is -2.27. The van der Waals surface area contributed by atoms with Crippen molar-refractivity contribution < 1.29 is 28.7 Å². The van der Waals surface area contributed by atoms with Gasteiger partial charge in [-0.1, -0.05) is 36.9 Å². The lowest BCUT2D eigenvalue weighted by atomic mass is 10.1. The van der Waals surface area contributed by atoms with Crippen LogP contribution in [0.4, 0.5) is 0 Å². The fourth-order valence-electron chi connectivity index (χ4n) is 1.53. The van der Waals surface area contributed by atoms with Gasteiger partial charge >= 0.3 is 15.2 Å². The fourth-order valence-corrected chi connectivity index (χ4v) is 3.67. The molecule has 19 heavy (non-hydrogen) atoms. The Labute approximate surface area is 111 Å². The molecule has 0 heterocycles. The van der Waals surface area contributed by atoms with Crippen LogP contribution in [0, 0.1) is 0 Å². The van der Waals surface area contributed by atoms with Gasteiger partial charge in [-0.15, -0.1) is 0 Å². The van der Waals surface area contributed by atoms with Gasteiger partial charge < -0.3 is 19.6 Å². The van der Waals surface area contributed by atoms with Gasteiger partial charge in [0.1, 0.15) is 0 Å². The zero-order chi connectivity index (χ0) is 14.9. The van der Waals surface area contributed by atoms with E-state index in [-0.39, 0.29) is 0 Å². The molecule has 4 N–H and O–H groups in total. The monoisotopic (exact) mass is 306 g/mol. The van der Waals surface area contributed by atoms with Crippen molar-refractivity contribution in [3.8, 4) is 0 Å². The molecule has 0 fully saturated rings. The van der Waals surface area contributed by atoms with Gasteiger partial charge in [0.25, 0.3) is 0 Å². The molecule has 0 aromatic heterocycles.